The van der Waals surface area contributed by atoms with E-state index in [2.05, 4.69) is 5.32 Å². The summed E-state index contributed by atoms with van der Waals surface area (Å²) >= 11 is 0. The van der Waals surface area contributed by atoms with E-state index in [-0.39, 0.29) is 5.91 Å². The lowest BCUT2D eigenvalue weighted by molar-refractivity contribution is -0.131. The van der Waals surface area contributed by atoms with Gasteiger partial charge in [0.15, 0.2) is 0 Å². The number of hydrogen-bond donors (Lipinski definition) is 2. The minimum atomic E-state index is -0.994. The van der Waals surface area contributed by atoms with Gasteiger partial charge in [0.05, 0.1) is 13.0 Å². The minimum Gasteiger partial charge on any atom is -0.478 e. The predicted molar refractivity (Wildman–Crippen MR) is 68.2 cm³/mol. The molecule has 0 saturated heterocycles. The molecule has 2 N–H and O–H groups in total. The second-order valence-electron chi connectivity index (χ2n) is 3.58. The number of carbonyl (C=O) groups is 2. The SMILES string of the molecule is COCCC(=O)Nc1ccc(C=CC(=O)O)cc1. The van der Waals surface area contributed by atoms with Crippen molar-refractivity contribution in [2.45, 2.75) is 6.42 Å². The third-order valence-corrected chi connectivity index (χ3v) is 2.15. The normalized spacial score (nSPS) is 10.5. The van der Waals surface area contributed by atoms with Gasteiger partial charge in [-0.3, -0.25) is 4.79 Å². The maximum atomic E-state index is 11.4. The quantitative estimate of drug-likeness (QED) is 0.753. The summed E-state index contributed by atoms with van der Waals surface area (Å²) in [5, 5.41) is 11.2. The number of amides is 1. The maximum Gasteiger partial charge on any atom is 0.328 e. The van der Waals surface area contributed by atoms with Crippen molar-refractivity contribution in [2.75, 3.05) is 19.0 Å². The topological polar surface area (TPSA) is 75.6 Å². The lowest BCUT2D eigenvalue weighted by Crippen LogP contribution is -2.13. The summed E-state index contributed by atoms with van der Waals surface area (Å²) in [6.45, 7) is 0.380. The van der Waals surface area contributed by atoms with Gasteiger partial charge in [-0.1, -0.05) is 12.1 Å². The highest BCUT2D eigenvalue weighted by Crippen LogP contribution is 2.11. The Balaban J connectivity index is 2.55. The number of carboxylic acid groups (broad SMARTS) is 1. The first kappa shape index (κ1) is 13.9. The van der Waals surface area contributed by atoms with Gasteiger partial charge in [0, 0.05) is 18.9 Å². The average molecular weight is 249 g/mol. The van der Waals surface area contributed by atoms with Crippen molar-refractivity contribution in [1.82, 2.24) is 0 Å². The number of anilines is 1. The Labute approximate surface area is 105 Å². The molecule has 0 aliphatic carbocycles. The second kappa shape index (κ2) is 7.24. The molecular weight excluding hydrogens is 234 g/mol. The molecule has 0 aromatic heterocycles. The van der Waals surface area contributed by atoms with Gasteiger partial charge in [-0.05, 0) is 23.8 Å². The fourth-order valence-electron chi connectivity index (χ4n) is 1.26. The monoisotopic (exact) mass is 249 g/mol. The summed E-state index contributed by atoms with van der Waals surface area (Å²) in [5.41, 5.74) is 1.43. The zero-order valence-corrected chi connectivity index (χ0v) is 10.1. The first-order valence-electron chi connectivity index (χ1n) is 5.41. The minimum absolute atomic E-state index is 0.120. The predicted octanol–water partition coefficient (Wildman–Crippen LogP) is 1.76. The molecule has 1 aromatic carbocycles. The lowest BCUT2D eigenvalue weighted by Gasteiger charge is -2.04. The highest BCUT2D eigenvalue weighted by molar-refractivity contribution is 5.91. The Morgan fingerprint density at radius 3 is 2.56 bits per heavy atom. The van der Waals surface area contributed by atoms with Crippen LogP contribution in [0.2, 0.25) is 0 Å². The van der Waals surface area contributed by atoms with Crippen LogP contribution in [-0.2, 0) is 14.3 Å². The molecular formula is C13H15NO4. The number of carboxylic acids is 1. The van der Waals surface area contributed by atoms with Gasteiger partial charge in [-0.25, -0.2) is 4.79 Å². The largest absolute Gasteiger partial charge is 0.478 e. The van der Waals surface area contributed by atoms with E-state index in [0.29, 0.717) is 18.7 Å². The van der Waals surface area contributed by atoms with Crippen molar-refractivity contribution in [3.63, 3.8) is 0 Å². The number of carbonyl (C=O) groups excluding carboxylic acids is 1. The Morgan fingerprint density at radius 1 is 1.33 bits per heavy atom. The molecule has 5 nitrogen and oxygen atoms in total. The lowest BCUT2D eigenvalue weighted by atomic mass is 10.2. The van der Waals surface area contributed by atoms with Crippen molar-refractivity contribution in [3.8, 4) is 0 Å². The molecule has 0 saturated carbocycles. The second-order valence-corrected chi connectivity index (χ2v) is 3.58. The van der Waals surface area contributed by atoms with E-state index in [1.54, 1.807) is 24.3 Å². The standard InChI is InChI=1S/C13H15NO4/c1-18-9-8-12(15)14-11-5-2-10(3-6-11)4-7-13(16)17/h2-7H,8-9H2,1H3,(H,14,15)(H,16,17). The molecule has 0 fully saturated rings. The molecule has 1 amide bonds. The fraction of sp³-hybridized carbons (Fsp3) is 0.231. The highest BCUT2D eigenvalue weighted by atomic mass is 16.5. The van der Waals surface area contributed by atoms with E-state index in [0.717, 1.165) is 11.6 Å². The number of methoxy groups -OCH3 is 1. The summed E-state index contributed by atoms with van der Waals surface area (Å²) in [5.74, 6) is -1.11. The summed E-state index contributed by atoms with van der Waals surface area (Å²) < 4.78 is 4.80. The number of hydrogen-bond acceptors (Lipinski definition) is 3. The van der Waals surface area contributed by atoms with E-state index in [1.165, 1.54) is 13.2 Å². The summed E-state index contributed by atoms with van der Waals surface area (Å²) in [7, 11) is 1.54. The third kappa shape index (κ3) is 5.27. The number of nitrogens with one attached hydrogen (secondary N) is 1. The Bertz CT molecular complexity index is 437. The zero-order valence-electron chi connectivity index (χ0n) is 10.1. The van der Waals surface area contributed by atoms with Crippen molar-refractivity contribution in [2.24, 2.45) is 0 Å². The van der Waals surface area contributed by atoms with E-state index in [1.807, 2.05) is 0 Å². The van der Waals surface area contributed by atoms with Crippen LogP contribution in [0, 0.1) is 0 Å². The molecule has 96 valence electrons. The van der Waals surface area contributed by atoms with Gasteiger partial charge in [0.25, 0.3) is 0 Å². The first-order valence-corrected chi connectivity index (χ1v) is 5.41. The van der Waals surface area contributed by atoms with E-state index < -0.39 is 5.97 Å². The van der Waals surface area contributed by atoms with Crippen molar-refractivity contribution in [1.29, 1.82) is 0 Å². The van der Waals surface area contributed by atoms with Gasteiger partial charge in [0.1, 0.15) is 0 Å². The number of ether oxygens (including phenoxy) is 1. The molecule has 0 spiro atoms. The van der Waals surface area contributed by atoms with Crippen LogP contribution in [0.5, 0.6) is 0 Å². The molecule has 0 aliphatic heterocycles. The van der Waals surface area contributed by atoms with Crippen LogP contribution in [0.1, 0.15) is 12.0 Å². The van der Waals surface area contributed by atoms with Crippen molar-refractivity contribution >= 4 is 23.6 Å². The van der Waals surface area contributed by atoms with Gasteiger partial charge in [-0.15, -0.1) is 0 Å². The Hall–Kier alpha value is -2.14. The molecule has 5 heteroatoms. The van der Waals surface area contributed by atoms with Gasteiger partial charge in [0.2, 0.25) is 5.91 Å². The molecule has 18 heavy (non-hydrogen) atoms. The van der Waals surface area contributed by atoms with Crippen LogP contribution in [0.15, 0.2) is 30.3 Å². The molecule has 0 bridgehead atoms. The summed E-state index contributed by atoms with van der Waals surface area (Å²) in [6, 6.07) is 6.88. The molecule has 0 unspecified atom stereocenters. The third-order valence-electron chi connectivity index (χ3n) is 2.15. The van der Waals surface area contributed by atoms with E-state index in [4.69, 9.17) is 9.84 Å². The number of rotatable bonds is 6. The van der Waals surface area contributed by atoms with Crippen LogP contribution >= 0.6 is 0 Å². The maximum absolute atomic E-state index is 11.4. The van der Waals surface area contributed by atoms with Gasteiger partial charge >= 0.3 is 5.97 Å². The molecule has 0 heterocycles. The van der Waals surface area contributed by atoms with Crippen LogP contribution in [-0.4, -0.2) is 30.7 Å². The van der Waals surface area contributed by atoms with E-state index in [9.17, 15) is 9.59 Å². The van der Waals surface area contributed by atoms with Gasteiger partial charge < -0.3 is 15.2 Å². The van der Waals surface area contributed by atoms with Crippen LogP contribution in [0.4, 0.5) is 5.69 Å². The fourth-order valence-corrected chi connectivity index (χ4v) is 1.26. The van der Waals surface area contributed by atoms with Crippen molar-refractivity contribution < 1.29 is 19.4 Å². The van der Waals surface area contributed by atoms with Crippen LogP contribution in [0.3, 0.4) is 0 Å². The van der Waals surface area contributed by atoms with Crippen LogP contribution in [0.25, 0.3) is 6.08 Å². The molecule has 1 aromatic rings. The summed E-state index contributed by atoms with van der Waals surface area (Å²) in [6.07, 6.45) is 2.85. The summed E-state index contributed by atoms with van der Waals surface area (Å²) in [4.78, 5) is 21.7. The smallest absolute Gasteiger partial charge is 0.328 e. The number of benzene rings is 1. The zero-order chi connectivity index (χ0) is 13.4. The Kier molecular flexibility index (Phi) is 5.60. The molecule has 1 rings (SSSR count). The van der Waals surface area contributed by atoms with Crippen LogP contribution < -0.4 is 5.32 Å². The Morgan fingerprint density at radius 2 is 2.00 bits per heavy atom. The molecule has 0 atom stereocenters. The highest BCUT2D eigenvalue weighted by Gasteiger charge is 2.01. The first-order chi connectivity index (χ1) is 8.61. The molecule has 0 radical (unpaired) electrons. The van der Waals surface area contributed by atoms with Crippen molar-refractivity contribution in [3.05, 3.63) is 35.9 Å². The van der Waals surface area contributed by atoms with Gasteiger partial charge in [-0.2, -0.15) is 0 Å². The van der Waals surface area contributed by atoms with E-state index >= 15 is 0 Å². The number of aliphatic carboxylic acids is 1. The average Bonchev–Trinajstić information content (AvgIpc) is 2.35. The molecule has 0 aliphatic rings.